The van der Waals surface area contributed by atoms with Gasteiger partial charge in [0.1, 0.15) is 0 Å². The first-order chi connectivity index (χ1) is 7.29. The molecule has 1 amide bonds. The van der Waals surface area contributed by atoms with E-state index >= 15 is 0 Å². The number of hydrogen-bond donors (Lipinski definition) is 2. The monoisotopic (exact) mass is 210 g/mol. The van der Waals surface area contributed by atoms with Gasteiger partial charge in [0.05, 0.1) is 0 Å². The molecule has 3 heteroatoms. The van der Waals surface area contributed by atoms with E-state index in [0.29, 0.717) is 6.42 Å². The zero-order valence-corrected chi connectivity index (χ0v) is 9.37. The number of hydrogen-bond acceptors (Lipinski definition) is 2. The number of rotatable bonds is 7. The minimum atomic E-state index is -0.188. The Morgan fingerprint density at radius 2 is 2.27 bits per heavy atom. The van der Waals surface area contributed by atoms with Crippen LogP contribution in [-0.4, -0.2) is 19.0 Å². The van der Waals surface area contributed by atoms with Crippen molar-refractivity contribution < 1.29 is 4.79 Å². The van der Waals surface area contributed by atoms with Gasteiger partial charge in [0.2, 0.25) is 5.91 Å². The Hall–Kier alpha value is -0.830. The molecule has 0 bridgehead atoms. The fourth-order valence-electron chi connectivity index (χ4n) is 1.90. The highest BCUT2D eigenvalue weighted by molar-refractivity contribution is 5.73. The number of carbonyl (C=O) groups excluding carboxylic acids is 1. The lowest BCUT2D eigenvalue weighted by atomic mass is 9.94. The van der Waals surface area contributed by atoms with Crippen molar-refractivity contribution in [3.63, 3.8) is 0 Å². The van der Waals surface area contributed by atoms with E-state index in [0.717, 1.165) is 31.8 Å². The van der Waals surface area contributed by atoms with Crippen LogP contribution in [0.2, 0.25) is 0 Å². The highest BCUT2D eigenvalue weighted by Gasteiger charge is 2.08. The molecule has 15 heavy (non-hydrogen) atoms. The second kappa shape index (κ2) is 7.46. The Morgan fingerprint density at radius 1 is 1.40 bits per heavy atom. The Balaban J connectivity index is 1.88. The van der Waals surface area contributed by atoms with Crippen LogP contribution in [0, 0.1) is 5.92 Å². The van der Waals surface area contributed by atoms with Crippen LogP contribution in [0.1, 0.15) is 38.5 Å². The molecule has 0 radical (unpaired) electrons. The Labute approximate surface area is 92.1 Å². The lowest BCUT2D eigenvalue weighted by molar-refractivity contribution is -0.118. The molecule has 0 aromatic rings. The Morgan fingerprint density at radius 3 is 2.93 bits per heavy atom. The van der Waals surface area contributed by atoms with Crippen molar-refractivity contribution in [3.8, 4) is 0 Å². The molecule has 3 nitrogen and oxygen atoms in total. The van der Waals surface area contributed by atoms with E-state index in [1.54, 1.807) is 0 Å². The van der Waals surface area contributed by atoms with E-state index in [4.69, 9.17) is 5.73 Å². The van der Waals surface area contributed by atoms with Crippen molar-refractivity contribution in [1.82, 2.24) is 5.32 Å². The third-order valence-corrected chi connectivity index (χ3v) is 2.84. The van der Waals surface area contributed by atoms with Gasteiger partial charge < -0.3 is 11.1 Å². The molecule has 1 unspecified atom stereocenters. The van der Waals surface area contributed by atoms with Gasteiger partial charge in [-0.3, -0.25) is 4.79 Å². The van der Waals surface area contributed by atoms with E-state index in [2.05, 4.69) is 17.5 Å². The number of primary amides is 1. The van der Waals surface area contributed by atoms with E-state index < -0.39 is 0 Å². The molecule has 0 spiro atoms. The lowest BCUT2D eigenvalue weighted by Crippen LogP contribution is -2.24. The van der Waals surface area contributed by atoms with Crippen molar-refractivity contribution in [2.24, 2.45) is 11.7 Å². The van der Waals surface area contributed by atoms with Crippen LogP contribution in [0.25, 0.3) is 0 Å². The van der Waals surface area contributed by atoms with E-state index in [9.17, 15) is 4.79 Å². The third-order valence-electron chi connectivity index (χ3n) is 2.84. The van der Waals surface area contributed by atoms with E-state index in [1.165, 1.54) is 19.3 Å². The summed E-state index contributed by atoms with van der Waals surface area (Å²) in [6.45, 7) is 2.12. The summed E-state index contributed by atoms with van der Waals surface area (Å²) >= 11 is 0. The fourth-order valence-corrected chi connectivity index (χ4v) is 1.90. The standard InChI is InChI=1S/C12H22N2O/c13-12(15)8-4-5-9-14-10-11-6-2-1-3-7-11/h1-2,11,14H,3-10H2,(H2,13,15). The molecular weight excluding hydrogens is 188 g/mol. The molecule has 86 valence electrons. The smallest absolute Gasteiger partial charge is 0.217 e. The van der Waals surface area contributed by atoms with Crippen LogP contribution in [0.3, 0.4) is 0 Å². The van der Waals surface area contributed by atoms with E-state index in [1.807, 2.05) is 0 Å². The molecule has 1 rings (SSSR count). The summed E-state index contributed by atoms with van der Waals surface area (Å²) in [7, 11) is 0. The molecule has 0 heterocycles. The molecular formula is C12H22N2O. The maximum absolute atomic E-state index is 10.5. The molecule has 0 saturated heterocycles. The van der Waals surface area contributed by atoms with Gasteiger partial charge in [0.25, 0.3) is 0 Å². The van der Waals surface area contributed by atoms with E-state index in [-0.39, 0.29) is 5.91 Å². The first-order valence-electron chi connectivity index (χ1n) is 5.93. The van der Waals surface area contributed by atoms with Crippen LogP contribution in [0.15, 0.2) is 12.2 Å². The second-order valence-electron chi connectivity index (χ2n) is 4.28. The van der Waals surface area contributed by atoms with Gasteiger partial charge in [-0.05, 0) is 51.1 Å². The van der Waals surface area contributed by atoms with Gasteiger partial charge in [-0.15, -0.1) is 0 Å². The SMILES string of the molecule is NC(=O)CCCCNCC1CC=CCC1. The maximum atomic E-state index is 10.5. The van der Waals surface area contributed by atoms with Gasteiger partial charge in [0, 0.05) is 6.42 Å². The maximum Gasteiger partial charge on any atom is 0.217 e. The molecule has 1 aliphatic rings. The van der Waals surface area contributed by atoms with Crippen LogP contribution < -0.4 is 11.1 Å². The molecule has 1 aliphatic carbocycles. The number of nitrogens with two attached hydrogens (primary N) is 1. The number of allylic oxidation sites excluding steroid dienone is 2. The summed E-state index contributed by atoms with van der Waals surface area (Å²) in [5.41, 5.74) is 5.06. The molecule has 0 aliphatic heterocycles. The van der Waals surface area contributed by atoms with Crippen LogP contribution in [-0.2, 0) is 4.79 Å². The van der Waals surface area contributed by atoms with Gasteiger partial charge in [-0.1, -0.05) is 12.2 Å². The fraction of sp³-hybridized carbons (Fsp3) is 0.750. The van der Waals surface area contributed by atoms with Crippen molar-refractivity contribution >= 4 is 5.91 Å². The van der Waals surface area contributed by atoms with Crippen molar-refractivity contribution in [3.05, 3.63) is 12.2 Å². The molecule has 0 saturated carbocycles. The minimum absolute atomic E-state index is 0.188. The minimum Gasteiger partial charge on any atom is -0.370 e. The predicted molar refractivity (Wildman–Crippen MR) is 62.4 cm³/mol. The molecule has 0 aromatic carbocycles. The zero-order valence-electron chi connectivity index (χ0n) is 9.37. The second-order valence-corrected chi connectivity index (χ2v) is 4.28. The number of carbonyl (C=O) groups is 1. The van der Waals surface area contributed by atoms with Crippen molar-refractivity contribution in [1.29, 1.82) is 0 Å². The van der Waals surface area contributed by atoms with Crippen molar-refractivity contribution in [2.45, 2.75) is 38.5 Å². The zero-order chi connectivity index (χ0) is 10.9. The summed E-state index contributed by atoms with van der Waals surface area (Å²) in [5, 5.41) is 3.44. The van der Waals surface area contributed by atoms with Crippen LogP contribution >= 0.6 is 0 Å². The molecule has 0 fully saturated rings. The average Bonchev–Trinajstić information content (AvgIpc) is 2.24. The Kier molecular flexibility index (Phi) is 6.09. The van der Waals surface area contributed by atoms with Crippen molar-refractivity contribution in [2.75, 3.05) is 13.1 Å². The number of nitrogens with one attached hydrogen (secondary N) is 1. The number of amides is 1. The molecule has 0 aromatic heterocycles. The normalized spacial score (nSPS) is 20.4. The summed E-state index contributed by atoms with van der Waals surface area (Å²) in [6.07, 6.45) is 10.8. The summed E-state index contributed by atoms with van der Waals surface area (Å²) in [5.74, 6) is 0.624. The topological polar surface area (TPSA) is 55.1 Å². The van der Waals surface area contributed by atoms with Crippen LogP contribution in [0.5, 0.6) is 0 Å². The molecule has 3 N–H and O–H groups in total. The van der Waals surface area contributed by atoms with Crippen LogP contribution in [0.4, 0.5) is 0 Å². The lowest BCUT2D eigenvalue weighted by Gasteiger charge is -2.17. The largest absolute Gasteiger partial charge is 0.370 e. The Bertz CT molecular complexity index is 214. The first-order valence-corrected chi connectivity index (χ1v) is 5.93. The van der Waals surface area contributed by atoms with Gasteiger partial charge in [-0.25, -0.2) is 0 Å². The summed E-state index contributed by atoms with van der Waals surface area (Å²) in [4.78, 5) is 10.5. The van der Waals surface area contributed by atoms with Gasteiger partial charge >= 0.3 is 0 Å². The van der Waals surface area contributed by atoms with Gasteiger partial charge in [0.15, 0.2) is 0 Å². The summed E-state index contributed by atoms with van der Waals surface area (Å²) < 4.78 is 0. The molecule has 1 atom stereocenters. The quantitative estimate of drug-likeness (QED) is 0.495. The summed E-state index contributed by atoms with van der Waals surface area (Å²) in [6, 6.07) is 0. The average molecular weight is 210 g/mol. The first kappa shape index (κ1) is 12.2. The number of unbranched alkanes of at least 4 members (excludes halogenated alkanes) is 1. The highest BCUT2D eigenvalue weighted by atomic mass is 16.1. The van der Waals surface area contributed by atoms with Gasteiger partial charge in [-0.2, -0.15) is 0 Å². The predicted octanol–water partition coefficient (Wildman–Crippen LogP) is 1.59. The highest BCUT2D eigenvalue weighted by Crippen LogP contribution is 2.16. The third kappa shape index (κ3) is 6.28.